The van der Waals surface area contributed by atoms with Crippen LogP contribution in [0.3, 0.4) is 0 Å². The van der Waals surface area contributed by atoms with Crippen molar-refractivity contribution in [3.05, 3.63) is 11.1 Å². The minimum Gasteiger partial charge on any atom is -0.477 e. The molecule has 0 bridgehead atoms. The Bertz CT molecular complexity index is 372. The Kier molecular flexibility index (Phi) is 3.43. The van der Waals surface area contributed by atoms with E-state index in [0.29, 0.717) is 10.9 Å². The molecule has 0 unspecified atom stereocenters. The second-order valence-electron chi connectivity index (χ2n) is 4.04. The molecule has 2 rings (SSSR count). The van der Waals surface area contributed by atoms with Crippen molar-refractivity contribution in [1.82, 2.24) is 4.98 Å². The molecule has 5 heteroatoms. The zero-order valence-electron chi connectivity index (χ0n) is 9.35. The first kappa shape index (κ1) is 11.4. The van der Waals surface area contributed by atoms with Gasteiger partial charge in [-0.05, 0) is 19.8 Å². The van der Waals surface area contributed by atoms with E-state index in [2.05, 4.69) is 16.8 Å². The minimum absolute atomic E-state index is 0.325. The molecule has 1 aromatic rings. The Morgan fingerprint density at radius 3 is 2.81 bits per heavy atom. The van der Waals surface area contributed by atoms with Crippen LogP contribution in [0.25, 0.3) is 0 Å². The number of carboxylic acid groups (broad SMARTS) is 1. The van der Waals surface area contributed by atoms with Crippen molar-refractivity contribution in [2.75, 3.05) is 11.4 Å². The van der Waals surface area contributed by atoms with E-state index in [-0.39, 0.29) is 0 Å². The van der Waals surface area contributed by atoms with E-state index in [0.717, 1.165) is 11.7 Å². The molecule has 0 radical (unpaired) electrons. The first-order valence-electron chi connectivity index (χ1n) is 5.68. The average molecular weight is 240 g/mol. The summed E-state index contributed by atoms with van der Waals surface area (Å²) in [5, 5.41) is 9.72. The number of carbonyl (C=O) groups is 1. The molecule has 1 heterocycles. The standard InChI is InChI=1S/C11H16N2O2S/c1-2-13(8-5-3-4-6-8)11-12-7-9(16-11)10(14)15/h7-8H,2-6H2,1H3,(H,14,15). The zero-order chi connectivity index (χ0) is 11.5. The number of anilines is 1. The quantitative estimate of drug-likeness (QED) is 0.879. The van der Waals surface area contributed by atoms with Gasteiger partial charge in [-0.15, -0.1) is 0 Å². The lowest BCUT2D eigenvalue weighted by molar-refractivity contribution is 0.0702. The lowest BCUT2D eigenvalue weighted by Crippen LogP contribution is -2.32. The van der Waals surface area contributed by atoms with Crippen LogP contribution < -0.4 is 4.90 Å². The van der Waals surface area contributed by atoms with Gasteiger partial charge >= 0.3 is 5.97 Å². The van der Waals surface area contributed by atoms with Gasteiger partial charge in [-0.1, -0.05) is 24.2 Å². The number of carboxylic acids is 1. The van der Waals surface area contributed by atoms with E-state index in [9.17, 15) is 4.79 Å². The second-order valence-corrected chi connectivity index (χ2v) is 5.05. The van der Waals surface area contributed by atoms with Crippen LogP contribution in [0, 0.1) is 0 Å². The Morgan fingerprint density at radius 1 is 1.62 bits per heavy atom. The summed E-state index contributed by atoms with van der Waals surface area (Å²) in [6.45, 7) is 3.00. The van der Waals surface area contributed by atoms with E-state index in [1.807, 2.05) is 0 Å². The van der Waals surface area contributed by atoms with Gasteiger partial charge in [-0.3, -0.25) is 0 Å². The van der Waals surface area contributed by atoms with Gasteiger partial charge in [-0.25, -0.2) is 9.78 Å². The van der Waals surface area contributed by atoms with Gasteiger partial charge in [0, 0.05) is 12.6 Å². The molecular weight excluding hydrogens is 224 g/mol. The molecule has 1 aromatic heterocycles. The van der Waals surface area contributed by atoms with Gasteiger partial charge in [0.25, 0.3) is 0 Å². The second kappa shape index (κ2) is 4.82. The molecular formula is C11H16N2O2S. The molecule has 88 valence electrons. The lowest BCUT2D eigenvalue weighted by atomic mass is 10.2. The molecule has 0 aliphatic heterocycles. The Morgan fingerprint density at radius 2 is 2.31 bits per heavy atom. The van der Waals surface area contributed by atoms with Crippen molar-refractivity contribution in [3.8, 4) is 0 Å². The summed E-state index contributed by atoms with van der Waals surface area (Å²) in [6.07, 6.45) is 6.42. The van der Waals surface area contributed by atoms with Crippen LogP contribution in [0.5, 0.6) is 0 Å². The van der Waals surface area contributed by atoms with Crippen molar-refractivity contribution in [2.45, 2.75) is 38.6 Å². The zero-order valence-corrected chi connectivity index (χ0v) is 10.2. The highest BCUT2D eigenvalue weighted by molar-refractivity contribution is 7.17. The molecule has 16 heavy (non-hydrogen) atoms. The molecule has 1 aliphatic carbocycles. The van der Waals surface area contributed by atoms with Gasteiger partial charge in [-0.2, -0.15) is 0 Å². The third-order valence-electron chi connectivity index (χ3n) is 3.06. The number of aromatic nitrogens is 1. The third kappa shape index (κ3) is 2.19. The van der Waals surface area contributed by atoms with Crippen LogP contribution in [-0.2, 0) is 0 Å². The van der Waals surface area contributed by atoms with Gasteiger partial charge in [0.2, 0.25) is 0 Å². The minimum atomic E-state index is -0.883. The SMILES string of the molecule is CCN(c1ncc(C(=O)O)s1)C1CCCC1. The molecule has 4 nitrogen and oxygen atoms in total. The molecule has 1 saturated carbocycles. The maximum atomic E-state index is 10.8. The van der Waals surface area contributed by atoms with Crippen LogP contribution >= 0.6 is 11.3 Å². The molecule has 0 amide bonds. The van der Waals surface area contributed by atoms with E-state index < -0.39 is 5.97 Å². The summed E-state index contributed by atoms with van der Waals surface area (Å²) in [5.74, 6) is -0.883. The van der Waals surface area contributed by atoms with Crippen molar-refractivity contribution in [2.24, 2.45) is 0 Å². The molecule has 0 aromatic carbocycles. The average Bonchev–Trinajstić information content (AvgIpc) is 2.88. The third-order valence-corrected chi connectivity index (χ3v) is 4.08. The first-order valence-corrected chi connectivity index (χ1v) is 6.49. The number of hydrogen-bond acceptors (Lipinski definition) is 4. The highest BCUT2D eigenvalue weighted by atomic mass is 32.1. The van der Waals surface area contributed by atoms with Gasteiger partial charge in [0.1, 0.15) is 4.88 Å². The fourth-order valence-corrected chi connectivity index (χ4v) is 3.15. The lowest BCUT2D eigenvalue weighted by Gasteiger charge is -2.26. The van der Waals surface area contributed by atoms with Gasteiger partial charge in [0.15, 0.2) is 5.13 Å². The maximum Gasteiger partial charge on any atom is 0.347 e. The molecule has 1 fully saturated rings. The summed E-state index contributed by atoms with van der Waals surface area (Å²) >= 11 is 1.28. The Balaban J connectivity index is 2.15. The van der Waals surface area contributed by atoms with E-state index in [1.165, 1.54) is 43.2 Å². The summed E-state index contributed by atoms with van der Waals surface area (Å²) < 4.78 is 0. The highest BCUT2D eigenvalue weighted by Gasteiger charge is 2.24. The molecule has 0 atom stereocenters. The number of thiazole rings is 1. The fraction of sp³-hybridized carbons (Fsp3) is 0.636. The fourth-order valence-electron chi connectivity index (χ4n) is 2.26. The summed E-state index contributed by atoms with van der Waals surface area (Å²) in [7, 11) is 0. The summed E-state index contributed by atoms with van der Waals surface area (Å²) in [6, 6.07) is 0.554. The number of rotatable bonds is 4. The normalized spacial score (nSPS) is 16.6. The molecule has 0 saturated heterocycles. The summed E-state index contributed by atoms with van der Waals surface area (Å²) in [4.78, 5) is 17.6. The smallest absolute Gasteiger partial charge is 0.347 e. The van der Waals surface area contributed by atoms with Crippen molar-refractivity contribution in [3.63, 3.8) is 0 Å². The molecule has 1 aliphatic rings. The van der Waals surface area contributed by atoms with E-state index >= 15 is 0 Å². The number of nitrogens with zero attached hydrogens (tertiary/aromatic N) is 2. The topological polar surface area (TPSA) is 53.4 Å². The largest absolute Gasteiger partial charge is 0.477 e. The monoisotopic (exact) mass is 240 g/mol. The Labute approximate surface area is 98.9 Å². The van der Waals surface area contributed by atoms with Crippen LogP contribution in [0.15, 0.2) is 6.20 Å². The maximum absolute atomic E-state index is 10.8. The summed E-state index contributed by atoms with van der Waals surface area (Å²) in [5.41, 5.74) is 0. The first-order chi connectivity index (χ1) is 7.72. The predicted molar refractivity (Wildman–Crippen MR) is 64.3 cm³/mol. The van der Waals surface area contributed by atoms with Crippen LogP contribution in [0.2, 0.25) is 0 Å². The van der Waals surface area contributed by atoms with Crippen LogP contribution in [0.4, 0.5) is 5.13 Å². The van der Waals surface area contributed by atoms with Crippen molar-refractivity contribution < 1.29 is 9.90 Å². The van der Waals surface area contributed by atoms with Crippen molar-refractivity contribution >= 4 is 22.4 Å². The van der Waals surface area contributed by atoms with Crippen LogP contribution in [0.1, 0.15) is 42.3 Å². The Hall–Kier alpha value is -1.10. The number of hydrogen-bond donors (Lipinski definition) is 1. The van der Waals surface area contributed by atoms with Gasteiger partial charge < -0.3 is 10.0 Å². The number of aromatic carboxylic acids is 1. The van der Waals surface area contributed by atoms with E-state index in [4.69, 9.17) is 5.11 Å². The molecule has 1 N–H and O–H groups in total. The predicted octanol–water partition coefficient (Wildman–Crippen LogP) is 2.61. The molecule has 0 spiro atoms. The van der Waals surface area contributed by atoms with Crippen molar-refractivity contribution in [1.29, 1.82) is 0 Å². The van der Waals surface area contributed by atoms with E-state index in [1.54, 1.807) is 0 Å². The highest BCUT2D eigenvalue weighted by Crippen LogP contribution is 2.30. The van der Waals surface area contributed by atoms with Crippen LogP contribution in [-0.4, -0.2) is 28.6 Å². The van der Waals surface area contributed by atoms with Gasteiger partial charge in [0.05, 0.1) is 6.20 Å².